The molecule has 0 aromatic heterocycles. The average Bonchev–Trinajstić information content (AvgIpc) is 2.53. The van der Waals surface area contributed by atoms with E-state index in [1.54, 1.807) is 0 Å². The van der Waals surface area contributed by atoms with Crippen molar-refractivity contribution in [3.63, 3.8) is 0 Å². The van der Waals surface area contributed by atoms with Gasteiger partial charge < -0.3 is 4.74 Å². The molecule has 2 unspecified atom stereocenters. The van der Waals surface area contributed by atoms with E-state index in [-0.39, 0.29) is 0 Å². The second-order valence-corrected chi connectivity index (χ2v) is 4.65. The lowest BCUT2D eigenvalue weighted by molar-refractivity contribution is 0.0587. The zero-order chi connectivity index (χ0) is 9.26. The molecule has 0 aromatic rings. The van der Waals surface area contributed by atoms with Gasteiger partial charge in [-0.3, -0.25) is 4.90 Å². The van der Waals surface area contributed by atoms with Crippen molar-refractivity contribution in [3.05, 3.63) is 0 Å². The smallest absolute Gasteiger partial charge is 0.0703 e. The third-order valence-electron chi connectivity index (χ3n) is 3.62. The van der Waals surface area contributed by atoms with Crippen LogP contribution in [0.15, 0.2) is 0 Å². The first-order valence-corrected chi connectivity index (χ1v) is 5.63. The van der Waals surface area contributed by atoms with Crippen molar-refractivity contribution in [1.82, 2.24) is 4.90 Å². The molecule has 0 N–H and O–H groups in total. The Kier molecular flexibility index (Phi) is 2.89. The molecule has 13 heavy (non-hydrogen) atoms. The Labute approximate surface area is 81.3 Å². The zero-order valence-corrected chi connectivity index (χ0v) is 8.83. The Bertz CT molecular complexity index is 163. The zero-order valence-electron chi connectivity index (χ0n) is 8.83. The normalized spacial score (nSPS) is 38.3. The first-order chi connectivity index (χ1) is 6.27. The quantitative estimate of drug-likeness (QED) is 0.615. The lowest BCUT2D eigenvalue weighted by atomic mass is 9.96. The SMILES string of the molecule is CC1CCN(C2CCOC2C)CC1. The van der Waals surface area contributed by atoms with Gasteiger partial charge in [0.1, 0.15) is 0 Å². The standard InChI is InChI=1S/C11H21NO/c1-9-3-6-12(7-4-9)11-5-8-13-10(11)2/h9-11H,3-8H2,1-2H3. The van der Waals surface area contributed by atoms with Crippen molar-refractivity contribution >= 4 is 0 Å². The van der Waals surface area contributed by atoms with Crippen LogP contribution in [0.5, 0.6) is 0 Å². The molecular formula is C11H21NO. The summed E-state index contributed by atoms with van der Waals surface area (Å²) in [7, 11) is 0. The van der Waals surface area contributed by atoms with Crippen LogP contribution >= 0.6 is 0 Å². The summed E-state index contributed by atoms with van der Waals surface area (Å²) in [5, 5.41) is 0. The molecule has 2 heteroatoms. The summed E-state index contributed by atoms with van der Waals surface area (Å²) in [4.78, 5) is 2.64. The third-order valence-corrected chi connectivity index (χ3v) is 3.62. The molecule has 0 bridgehead atoms. The van der Waals surface area contributed by atoms with Crippen molar-refractivity contribution in [2.45, 2.75) is 45.3 Å². The maximum atomic E-state index is 5.60. The molecule has 0 saturated carbocycles. The molecule has 2 heterocycles. The lowest BCUT2D eigenvalue weighted by Crippen LogP contribution is -2.44. The summed E-state index contributed by atoms with van der Waals surface area (Å²) in [5.74, 6) is 0.939. The first kappa shape index (κ1) is 9.47. The number of likely N-dealkylation sites (tertiary alicyclic amines) is 1. The number of hydrogen-bond donors (Lipinski definition) is 0. The second kappa shape index (κ2) is 3.97. The van der Waals surface area contributed by atoms with E-state index in [9.17, 15) is 0 Å². The molecule has 2 aliphatic rings. The number of piperidine rings is 1. The Morgan fingerprint density at radius 3 is 2.31 bits per heavy atom. The molecule has 0 radical (unpaired) electrons. The van der Waals surface area contributed by atoms with Crippen LogP contribution < -0.4 is 0 Å². The third kappa shape index (κ3) is 2.05. The van der Waals surface area contributed by atoms with Crippen LogP contribution in [0.4, 0.5) is 0 Å². The maximum absolute atomic E-state index is 5.60. The van der Waals surface area contributed by atoms with E-state index in [0.29, 0.717) is 12.1 Å². The van der Waals surface area contributed by atoms with Crippen LogP contribution in [0.3, 0.4) is 0 Å². The minimum atomic E-state index is 0.466. The fourth-order valence-electron chi connectivity index (χ4n) is 2.56. The second-order valence-electron chi connectivity index (χ2n) is 4.65. The van der Waals surface area contributed by atoms with E-state index in [1.807, 2.05) is 0 Å². The molecule has 2 saturated heterocycles. The topological polar surface area (TPSA) is 12.5 Å². The molecular weight excluding hydrogens is 162 g/mol. The van der Waals surface area contributed by atoms with E-state index in [2.05, 4.69) is 18.7 Å². The Morgan fingerprint density at radius 2 is 1.77 bits per heavy atom. The van der Waals surface area contributed by atoms with E-state index in [0.717, 1.165) is 12.5 Å². The lowest BCUT2D eigenvalue weighted by Gasteiger charge is -2.36. The van der Waals surface area contributed by atoms with E-state index < -0.39 is 0 Å². The fourth-order valence-corrected chi connectivity index (χ4v) is 2.56. The fraction of sp³-hybridized carbons (Fsp3) is 1.00. The highest BCUT2D eigenvalue weighted by atomic mass is 16.5. The van der Waals surface area contributed by atoms with E-state index in [1.165, 1.54) is 32.4 Å². The largest absolute Gasteiger partial charge is 0.377 e. The summed E-state index contributed by atoms with van der Waals surface area (Å²) in [5.41, 5.74) is 0. The highest BCUT2D eigenvalue weighted by molar-refractivity contribution is 4.84. The van der Waals surface area contributed by atoms with Gasteiger partial charge in [0.25, 0.3) is 0 Å². The Balaban J connectivity index is 1.86. The van der Waals surface area contributed by atoms with Crippen LogP contribution in [0.2, 0.25) is 0 Å². The monoisotopic (exact) mass is 183 g/mol. The van der Waals surface area contributed by atoms with E-state index in [4.69, 9.17) is 4.74 Å². The van der Waals surface area contributed by atoms with Crippen LogP contribution in [-0.4, -0.2) is 36.7 Å². The van der Waals surface area contributed by atoms with Gasteiger partial charge in [0.15, 0.2) is 0 Å². The molecule has 0 spiro atoms. The summed E-state index contributed by atoms with van der Waals surface area (Å²) >= 11 is 0. The molecule has 2 aliphatic heterocycles. The van der Waals surface area contributed by atoms with Crippen molar-refractivity contribution < 1.29 is 4.74 Å². The summed E-state index contributed by atoms with van der Waals surface area (Å²) in [6.07, 6.45) is 4.47. The van der Waals surface area contributed by atoms with Crippen LogP contribution in [0, 0.1) is 5.92 Å². The molecule has 0 aromatic carbocycles. The van der Waals surface area contributed by atoms with Gasteiger partial charge in [0, 0.05) is 12.6 Å². The van der Waals surface area contributed by atoms with Gasteiger partial charge in [-0.15, -0.1) is 0 Å². The molecule has 2 nitrogen and oxygen atoms in total. The van der Waals surface area contributed by atoms with Crippen molar-refractivity contribution in [3.8, 4) is 0 Å². The number of nitrogens with zero attached hydrogens (tertiary/aromatic N) is 1. The summed E-state index contributed by atoms with van der Waals surface area (Å²) in [6.45, 7) is 8.14. The Morgan fingerprint density at radius 1 is 1.08 bits per heavy atom. The Hall–Kier alpha value is -0.0800. The van der Waals surface area contributed by atoms with Crippen molar-refractivity contribution in [1.29, 1.82) is 0 Å². The van der Waals surface area contributed by atoms with Gasteiger partial charge in [-0.25, -0.2) is 0 Å². The molecule has 76 valence electrons. The molecule has 2 fully saturated rings. The molecule has 2 rings (SSSR count). The van der Waals surface area contributed by atoms with E-state index >= 15 is 0 Å². The van der Waals surface area contributed by atoms with Crippen molar-refractivity contribution in [2.75, 3.05) is 19.7 Å². The van der Waals surface area contributed by atoms with Crippen LogP contribution in [0.1, 0.15) is 33.1 Å². The van der Waals surface area contributed by atoms with Gasteiger partial charge in [-0.2, -0.15) is 0 Å². The number of ether oxygens (including phenoxy) is 1. The summed E-state index contributed by atoms with van der Waals surface area (Å²) in [6, 6.07) is 0.715. The van der Waals surface area contributed by atoms with Crippen LogP contribution in [-0.2, 0) is 4.74 Å². The minimum Gasteiger partial charge on any atom is -0.377 e. The van der Waals surface area contributed by atoms with Gasteiger partial charge in [-0.05, 0) is 45.2 Å². The maximum Gasteiger partial charge on any atom is 0.0703 e. The number of rotatable bonds is 1. The summed E-state index contributed by atoms with van der Waals surface area (Å²) < 4.78 is 5.60. The highest BCUT2D eigenvalue weighted by Crippen LogP contribution is 2.24. The number of hydrogen-bond acceptors (Lipinski definition) is 2. The predicted octanol–water partition coefficient (Wildman–Crippen LogP) is 1.90. The van der Waals surface area contributed by atoms with Gasteiger partial charge >= 0.3 is 0 Å². The predicted molar refractivity (Wildman–Crippen MR) is 53.8 cm³/mol. The molecule has 0 amide bonds. The average molecular weight is 183 g/mol. The first-order valence-electron chi connectivity index (χ1n) is 5.63. The van der Waals surface area contributed by atoms with Crippen molar-refractivity contribution in [2.24, 2.45) is 5.92 Å². The van der Waals surface area contributed by atoms with Gasteiger partial charge in [0.2, 0.25) is 0 Å². The highest BCUT2D eigenvalue weighted by Gasteiger charge is 2.31. The molecule has 0 aliphatic carbocycles. The van der Waals surface area contributed by atoms with Gasteiger partial charge in [0.05, 0.1) is 6.10 Å². The minimum absolute atomic E-state index is 0.466. The van der Waals surface area contributed by atoms with Crippen LogP contribution in [0.25, 0.3) is 0 Å². The van der Waals surface area contributed by atoms with Gasteiger partial charge in [-0.1, -0.05) is 6.92 Å². The molecule has 2 atom stereocenters.